The summed E-state index contributed by atoms with van der Waals surface area (Å²) in [6.07, 6.45) is -35.9. The molecule has 4 aliphatic rings. The monoisotopic (exact) mass is 1110 g/mol. The van der Waals surface area contributed by atoms with Gasteiger partial charge in [0.05, 0.1) is 0 Å². The van der Waals surface area contributed by atoms with Crippen LogP contribution in [-0.2, 0) is 16.0 Å². The summed E-state index contributed by atoms with van der Waals surface area (Å²) >= 11 is 5.97. The Morgan fingerprint density at radius 2 is 0.892 bits per heavy atom. The zero-order valence-corrected chi connectivity index (χ0v) is 43.7. The van der Waals surface area contributed by atoms with Gasteiger partial charge in [0.15, 0.2) is 0 Å². The second-order valence-electron chi connectivity index (χ2n) is 18.5. The van der Waals surface area contributed by atoms with Crippen LogP contribution >= 0.6 is 11.6 Å². The predicted molar refractivity (Wildman–Crippen MR) is 241 cm³/mol. The molecule has 4 unspecified atom stereocenters. The van der Waals surface area contributed by atoms with Crippen LogP contribution in [-0.4, -0.2) is 134 Å². The first-order valence-corrected chi connectivity index (χ1v) is 23.0. The molecule has 400 valence electrons. The number of ether oxygens (including phenoxy) is 2. The summed E-state index contributed by atoms with van der Waals surface area (Å²) in [6, 6.07) is 32.5. The second-order valence-corrected chi connectivity index (χ2v) is 18.9. The molecule has 74 heavy (non-hydrogen) atoms. The van der Waals surface area contributed by atoms with Gasteiger partial charge >= 0.3 is 95.3 Å². The Hall–Kier alpha value is -3.72. The SMILES string of the molecule is Cc1ccc(CN2CC3CN(C(=O)OC(C(F)(F)F)C(F)(F)F)CC3C2)cc1-c1ccccc1.Cc1ccc(Cl)cc1-c1ccccc1.O=C(OC(C(F)(F)F)C(F)(F)F)N1CC2CN(C[B-](F)(F)F)CC2C1.[K+]. The minimum absolute atomic E-state index is 0. The summed E-state index contributed by atoms with van der Waals surface area (Å²) in [5, 5.41) is 0.787. The van der Waals surface area contributed by atoms with Gasteiger partial charge in [0.2, 0.25) is 0 Å². The molecule has 2 amide bonds. The van der Waals surface area contributed by atoms with Gasteiger partial charge in [-0.3, -0.25) is 4.90 Å². The fourth-order valence-electron chi connectivity index (χ4n) is 9.52. The molecule has 4 saturated heterocycles. The number of nitrogens with zero attached hydrogens (tertiary/aromatic N) is 4. The van der Waals surface area contributed by atoms with Crippen molar-refractivity contribution in [2.45, 2.75) is 57.3 Å². The van der Waals surface area contributed by atoms with E-state index in [1.165, 1.54) is 16.7 Å². The quantitative estimate of drug-likeness (QED) is 0.129. The maximum atomic E-state index is 12.7. The van der Waals surface area contributed by atoms with E-state index in [1.807, 2.05) is 79.7 Å². The van der Waals surface area contributed by atoms with Crippen LogP contribution < -0.4 is 51.4 Å². The molecule has 0 saturated carbocycles. The van der Waals surface area contributed by atoms with Crippen molar-refractivity contribution in [2.24, 2.45) is 23.7 Å². The zero-order chi connectivity index (χ0) is 53.8. The zero-order valence-electron chi connectivity index (χ0n) is 39.8. The average molecular weight is 1120 g/mol. The maximum Gasteiger partial charge on any atom is 1.00 e. The largest absolute Gasteiger partial charge is 1.00 e. The molecule has 4 atom stereocenters. The predicted octanol–water partition coefficient (Wildman–Crippen LogP) is 9.84. The fraction of sp³-hybridized carbons (Fsp3) is 0.458. The number of carbonyl (C=O) groups is 2. The number of hydrogen-bond acceptors (Lipinski definition) is 6. The van der Waals surface area contributed by atoms with Gasteiger partial charge in [-0.25, -0.2) is 9.59 Å². The molecule has 8 nitrogen and oxygen atoms in total. The van der Waals surface area contributed by atoms with E-state index < -0.39 is 74.4 Å². The van der Waals surface area contributed by atoms with Crippen molar-refractivity contribution in [2.75, 3.05) is 58.8 Å². The molecule has 4 aliphatic heterocycles. The van der Waals surface area contributed by atoms with Gasteiger partial charge in [-0.1, -0.05) is 90.5 Å². The fourth-order valence-corrected chi connectivity index (χ4v) is 9.69. The number of rotatable bonds is 8. The van der Waals surface area contributed by atoms with Gasteiger partial charge in [0.25, 0.3) is 12.2 Å². The van der Waals surface area contributed by atoms with Gasteiger partial charge in [-0.05, 0) is 114 Å². The minimum atomic E-state index is -5.81. The molecule has 0 aliphatic carbocycles. The molecule has 0 radical (unpaired) electrons. The molecule has 26 heteroatoms. The first-order valence-electron chi connectivity index (χ1n) is 22.7. The normalized spacial score (nSPS) is 20.3. The van der Waals surface area contributed by atoms with Crippen molar-refractivity contribution in [1.82, 2.24) is 19.6 Å². The third kappa shape index (κ3) is 16.9. The van der Waals surface area contributed by atoms with Crippen molar-refractivity contribution in [3.05, 3.63) is 119 Å². The van der Waals surface area contributed by atoms with Crippen LogP contribution in [0.4, 0.5) is 75.2 Å². The van der Waals surface area contributed by atoms with Crippen molar-refractivity contribution >= 4 is 30.8 Å². The van der Waals surface area contributed by atoms with E-state index in [4.69, 9.17) is 11.6 Å². The first-order chi connectivity index (χ1) is 33.9. The molecule has 4 fully saturated rings. The van der Waals surface area contributed by atoms with E-state index in [0.717, 1.165) is 37.1 Å². The van der Waals surface area contributed by atoms with Crippen molar-refractivity contribution in [1.29, 1.82) is 0 Å². The van der Waals surface area contributed by atoms with Crippen LogP contribution in [0.5, 0.6) is 0 Å². The molecule has 0 spiro atoms. The number of alkyl halides is 12. The number of hydrogen-bond donors (Lipinski definition) is 0. The molecule has 4 aromatic rings. The van der Waals surface area contributed by atoms with E-state index in [0.29, 0.717) is 24.5 Å². The molecule has 0 bridgehead atoms. The van der Waals surface area contributed by atoms with E-state index in [1.54, 1.807) is 0 Å². The Bertz CT molecular complexity index is 2450. The van der Waals surface area contributed by atoms with Crippen LogP contribution in [0.15, 0.2) is 97.1 Å². The van der Waals surface area contributed by atoms with Gasteiger partial charge in [-0.2, -0.15) is 52.7 Å². The number of carbonyl (C=O) groups excluding carboxylic acids is 2. The maximum absolute atomic E-state index is 12.7. The summed E-state index contributed by atoms with van der Waals surface area (Å²) in [7, 11) is 0. The number of benzene rings is 4. The molecule has 4 aromatic carbocycles. The van der Waals surface area contributed by atoms with Crippen molar-refractivity contribution < 1.29 is 136 Å². The van der Waals surface area contributed by atoms with Crippen molar-refractivity contribution in [3.8, 4) is 22.3 Å². The Labute approximate surface area is 463 Å². The van der Waals surface area contributed by atoms with E-state index >= 15 is 0 Å². The number of amides is 2. The summed E-state index contributed by atoms with van der Waals surface area (Å²) in [4.78, 5) is 28.6. The number of likely N-dealkylation sites (tertiary alicyclic amines) is 4. The summed E-state index contributed by atoms with van der Waals surface area (Å²) in [5.41, 5.74) is 8.18. The van der Waals surface area contributed by atoms with Crippen LogP contribution in [0.2, 0.25) is 5.02 Å². The van der Waals surface area contributed by atoms with Gasteiger partial charge in [0, 0.05) is 50.8 Å². The van der Waals surface area contributed by atoms with Crippen molar-refractivity contribution in [3.63, 3.8) is 0 Å². The Balaban J connectivity index is 0.000000222. The molecule has 0 N–H and O–H groups in total. The minimum Gasteiger partial charge on any atom is -0.448 e. The Kier molecular flexibility index (Phi) is 20.4. The topological polar surface area (TPSA) is 65.6 Å². The molecule has 8 rings (SSSR count). The number of fused-ring (bicyclic) bond motifs is 2. The average Bonchev–Trinajstić information content (AvgIpc) is 4.06. The van der Waals surface area contributed by atoms with E-state index in [9.17, 15) is 75.2 Å². The van der Waals surface area contributed by atoms with Gasteiger partial charge < -0.3 is 37.1 Å². The summed E-state index contributed by atoms with van der Waals surface area (Å²) < 4.78 is 195. The Morgan fingerprint density at radius 1 is 0.541 bits per heavy atom. The number of aryl methyl sites for hydroxylation is 2. The second kappa shape index (κ2) is 24.7. The first kappa shape index (κ1) is 61.1. The third-order valence-corrected chi connectivity index (χ3v) is 13.0. The van der Waals surface area contributed by atoms with Gasteiger partial charge in [0.1, 0.15) is 0 Å². The smallest absolute Gasteiger partial charge is 0.448 e. The molecular weight excluding hydrogens is 1070 g/mol. The Morgan fingerprint density at radius 3 is 1.26 bits per heavy atom. The van der Waals surface area contributed by atoms with E-state index in [2.05, 4.69) is 45.6 Å². The standard InChI is InChI=1S/C24H24F6N2O2.C13H11Cl.C11H13BF9N2O2.K/c1-15-7-8-16(9-20(15)17-5-3-2-4-6-17)10-31-11-18-13-32(14-19(18)12-31)22(33)34-21(23(25,26)27)24(28,29)30;1-10-7-8-12(14)9-13(10)11-5-3-2-4-6-11;13-10(14,15)8(11(16,17)18)25-9(24)23-3-6-1-22(2-7(6)4-23)5-12(19,20)21;/h2-9,18-19,21H,10-14H2,1H3;2-9H,1H3;6-8H,1-5H2;/q;;-1;+1. The molecule has 4 heterocycles. The van der Waals surface area contributed by atoms with Crippen LogP contribution in [0, 0.1) is 37.5 Å². The third-order valence-electron chi connectivity index (χ3n) is 12.8. The van der Waals surface area contributed by atoms with E-state index in [-0.39, 0.29) is 102 Å². The summed E-state index contributed by atoms with van der Waals surface area (Å²) in [6.45, 7) is 0.579. The van der Waals surface area contributed by atoms with Gasteiger partial charge in [-0.15, -0.1) is 0 Å². The van der Waals surface area contributed by atoms with Crippen LogP contribution in [0.1, 0.15) is 16.7 Å². The van der Waals surface area contributed by atoms with Crippen LogP contribution in [0.3, 0.4) is 0 Å². The molecular formula is C48H48BClF15KN4O4. The molecule has 0 aromatic heterocycles. The van der Waals surface area contributed by atoms with Crippen LogP contribution in [0.25, 0.3) is 22.3 Å². The number of halogens is 16. The summed E-state index contributed by atoms with van der Waals surface area (Å²) in [5.74, 6) is -0.939.